The van der Waals surface area contributed by atoms with Gasteiger partial charge < -0.3 is 10.4 Å². The number of carbonyl (C=O) groups excluding carboxylic acids is 1. The zero-order valence-electron chi connectivity index (χ0n) is 11.9. The number of carboxylic acids is 1. The molecule has 0 atom stereocenters. The number of hydrogen-bond donors (Lipinski definition) is 2. The summed E-state index contributed by atoms with van der Waals surface area (Å²) >= 11 is 4.95. The number of carboxylic acid groups (broad SMARTS) is 1. The Balaban J connectivity index is 1.93. The van der Waals surface area contributed by atoms with Gasteiger partial charge in [-0.05, 0) is 40.9 Å². The molecule has 2 rings (SSSR count). The third-order valence-electron chi connectivity index (χ3n) is 4.10. The molecule has 1 fully saturated rings. The highest BCUT2D eigenvalue weighted by atomic mass is 79.9. The highest BCUT2D eigenvalue weighted by Gasteiger charge is 2.40. The van der Waals surface area contributed by atoms with Crippen LogP contribution in [0.25, 0.3) is 0 Å². The summed E-state index contributed by atoms with van der Waals surface area (Å²) in [6, 6.07) is 3.89. The molecule has 116 valence electrons. The van der Waals surface area contributed by atoms with E-state index in [4.69, 9.17) is 0 Å². The van der Waals surface area contributed by atoms with Crippen molar-refractivity contribution >= 4 is 39.1 Å². The molecule has 0 aliphatic heterocycles. The molecule has 1 amide bonds. The van der Waals surface area contributed by atoms with Crippen LogP contribution in [0.2, 0.25) is 0 Å². The lowest BCUT2D eigenvalue weighted by atomic mass is 9.77. The van der Waals surface area contributed by atoms with Crippen LogP contribution in [-0.4, -0.2) is 17.0 Å². The Kier molecular flexibility index (Phi) is 5.81. The second-order valence-corrected chi connectivity index (χ2v) is 8.21. The smallest absolute Gasteiger partial charge is 0.310 e. The Hall–Kier alpha value is -0.880. The van der Waals surface area contributed by atoms with Crippen LogP contribution in [0.5, 0.6) is 0 Å². The van der Waals surface area contributed by atoms with Crippen molar-refractivity contribution < 1.29 is 14.7 Å². The number of thiophene rings is 1. The van der Waals surface area contributed by atoms with Crippen molar-refractivity contribution in [1.82, 2.24) is 5.32 Å². The maximum Gasteiger partial charge on any atom is 0.310 e. The number of halogens is 1. The van der Waals surface area contributed by atoms with Crippen LogP contribution in [0.3, 0.4) is 0 Å². The Morgan fingerprint density at radius 1 is 1.24 bits per heavy atom. The quantitative estimate of drug-likeness (QED) is 0.768. The van der Waals surface area contributed by atoms with Gasteiger partial charge in [0.15, 0.2) is 0 Å². The molecule has 1 saturated carbocycles. The maximum atomic E-state index is 12.1. The number of amides is 1. The molecule has 0 bridgehead atoms. The molecule has 4 nitrogen and oxygen atoms in total. The van der Waals surface area contributed by atoms with Gasteiger partial charge in [0.1, 0.15) is 0 Å². The summed E-state index contributed by atoms with van der Waals surface area (Å²) in [6.07, 6.45) is 5.25. The molecule has 21 heavy (non-hydrogen) atoms. The fraction of sp³-hybridized carbons (Fsp3) is 0.600. The third-order valence-corrected chi connectivity index (χ3v) is 5.73. The third kappa shape index (κ3) is 4.54. The first kappa shape index (κ1) is 16.5. The lowest BCUT2D eigenvalue weighted by molar-refractivity contribution is -0.152. The van der Waals surface area contributed by atoms with Gasteiger partial charge in [0.25, 0.3) is 0 Å². The van der Waals surface area contributed by atoms with E-state index in [2.05, 4.69) is 21.2 Å². The second kappa shape index (κ2) is 7.40. The molecule has 1 aliphatic carbocycles. The van der Waals surface area contributed by atoms with Crippen LogP contribution in [0, 0.1) is 5.41 Å². The Morgan fingerprint density at radius 3 is 2.43 bits per heavy atom. The SMILES string of the molecule is O=C(CC1(C(=O)O)CCCCCC1)NCc1ccc(Br)s1. The fourth-order valence-electron chi connectivity index (χ4n) is 2.87. The summed E-state index contributed by atoms with van der Waals surface area (Å²) < 4.78 is 1.03. The summed E-state index contributed by atoms with van der Waals surface area (Å²) in [7, 11) is 0. The van der Waals surface area contributed by atoms with Crippen molar-refractivity contribution in [3.05, 3.63) is 20.8 Å². The van der Waals surface area contributed by atoms with E-state index in [1.165, 1.54) is 0 Å². The Morgan fingerprint density at radius 2 is 1.90 bits per heavy atom. The minimum atomic E-state index is -0.864. The molecular weight excluding hydrogens is 354 g/mol. The molecule has 0 unspecified atom stereocenters. The molecule has 0 spiro atoms. The van der Waals surface area contributed by atoms with Crippen molar-refractivity contribution in [1.29, 1.82) is 0 Å². The first-order valence-electron chi connectivity index (χ1n) is 7.26. The van der Waals surface area contributed by atoms with E-state index < -0.39 is 11.4 Å². The molecule has 2 N–H and O–H groups in total. The number of rotatable bonds is 5. The zero-order valence-corrected chi connectivity index (χ0v) is 14.3. The molecule has 1 heterocycles. The standard InChI is InChI=1S/C15H20BrNO3S/c16-12-6-5-11(21-12)10-17-13(18)9-15(14(19)20)7-3-1-2-4-8-15/h5-6H,1-4,7-10H2,(H,17,18)(H,19,20). The lowest BCUT2D eigenvalue weighted by Gasteiger charge is -2.27. The van der Waals surface area contributed by atoms with Crippen molar-refractivity contribution in [3.63, 3.8) is 0 Å². The number of nitrogens with one attached hydrogen (secondary N) is 1. The maximum absolute atomic E-state index is 12.1. The van der Waals surface area contributed by atoms with E-state index in [1.807, 2.05) is 12.1 Å². The van der Waals surface area contributed by atoms with Gasteiger partial charge in [0, 0.05) is 11.3 Å². The lowest BCUT2D eigenvalue weighted by Crippen LogP contribution is -2.37. The zero-order chi connectivity index (χ0) is 15.3. The van der Waals surface area contributed by atoms with Crippen LogP contribution in [-0.2, 0) is 16.1 Å². The van der Waals surface area contributed by atoms with Crippen LogP contribution < -0.4 is 5.32 Å². The number of hydrogen-bond acceptors (Lipinski definition) is 3. The van der Waals surface area contributed by atoms with Gasteiger partial charge in [-0.25, -0.2) is 0 Å². The van der Waals surface area contributed by atoms with Crippen molar-refractivity contribution in [2.75, 3.05) is 0 Å². The summed E-state index contributed by atoms with van der Waals surface area (Å²) in [4.78, 5) is 24.8. The fourth-order valence-corrected chi connectivity index (χ4v) is 4.30. The topological polar surface area (TPSA) is 66.4 Å². The predicted octanol–water partition coefficient (Wildman–Crippen LogP) is 3.94. The normalized spacial score (nSPS) is 18.0. The molecule has 1 aliphatic rings. The molecule has 1 aromatic heterocycles. The number of carbonyl (C=O) groups is 2. The van der Waals surface area contributed by atoms with Crippen LogP contribution in [0.15, 0.2) is 15.9 Å². The summed E-state index contributed by atoms with van der Waals surface area (Å²) in [5, 5.41) is 12.4. The Labute approximate surface area is 137 Å². The van der Waals surface area contributed by atoms with E-state index in [-0.39, 0.29) is 12.3 Å². The van der Waals surface area contributed by atoms with E-state index in [0.717, 1.165) is 34.3 Å². The molecule has 0 radical (unpaired) electrons. The predicted molar refractivity (Wildman–Crippen MR) is 86.3 cm³/mol. The average Bonchev–Trinajstić information content (AvgIpc) is 2.71. The van der Waals surface area contributed by atoms with E-state index >= 15 is 0 Å². The monoisotopic (exact) mass is 373 g/mol. The van der Waals surface area contributed by atoms with Crippen molar-refractivity contribution in [2.45, 2.75) is 51.5 Å². The van der Waals surface area contributed by atoms with Gasteiger partial charge in [-0.3, -0.25) is 9.59 Å². The van der Waals surface area contributed by atoms with Gasteiger partial charge in [-0.15, -0.1) is 11.3 Å². The first-order valence-corrected chi connectivity index (χ1v) is 8.87. The van der Waals surface area contributed by atoms with Gasteiger partial charge in [-0.2, -0.15) is 0 Å². The Bertz CT molecular complexity index is 507. The minimum Gasteiger partial charge on any atom is -0.481 e. The molecule has 1 aromatic rings. The van der Waals surface area contributed by atoms with Crippen LogP contribution >= 0.6 is 27.3 Å². The van der Waals surface area contributed by atoms with Crippen molar-refractivity contribution in [2.24, 2.45) is 5.41 Å². The van der Waals surface area contributed by atoms with Gasteiger partial charge in [-0.1, -0.05) is 25.7 Å². The summed E-state index contributed by atoms with van der Waals surface area (Å²) in [5.74, 6) is -0.984. The largest absolute Gasteiger partial charge is 0.481 e. The van der Waals surface area contributed by atoms with Crippen LogP contribution in [0.1, 0.15) is 49.8 Å². The number of aliphatic carboxylic acids is 1. The highest BCUT2D eigenvalue weighted by Crippen LogP contribution is 2.38. The second-order valence-electron chi connectivity index (χ2n) is 5.66. The van der Waals surface area contributed by atoms with E-state index in [0.29, 0.717) is 19.4 Å². The van der Waals surface area contributed by atoms with Crippen LogP contribution in [0.4, 0.5) is 0 Å². The van der Waals surface area contributed by atoms with E-state index in [9.17, 15) is 14.7 Å². The highest BCUT2D eigenvalue weighted by molar-refractivity contribution is 9.11. The van der Waals surface area contributed by atoms with Gasteiger partial charge in [0.05, 0.1) is 15.7 Å². The van der Waals surface area contributed by atoms with Gasteiger partial charge in [0.2, 0.25) is 5.91 Å². The molecule has 6 heteroatoms. The molecular formula is C15H20BrNO3S. The molecule has 0 saturated heterocycles. The first-order chi connectivity index (χ1) is 10.0. The van der Waals surface area contributed by atoms with Gasteiger partial charge >= 0.3 is 5.97 Å². The summed E-state index contributed by atoms with van der Waals surface area (Å²) in [5.41, 5.74) is -0.864. The van der Waals surface area contributed by atoms with E-state index in [1.54, 1.807) is 11.3 Å². The summed E-state index contributed by atoms with van der Waals surface area (Å²) in [6.45, 7) is 0.463. The average molecular weight is 374 g/mol. The van der Waals surface area contributed by atoms with Crippen molar-refractivity contribution in [3.8, 4) is 0 Å². The molecule has 0 aromatic carbocycles. The minimum absolute atomic E-state index is 0.0921.